The summed E-state index contributed by atoms with van der Waals surface area (Å²) < 4.78 is 20.1. The van der Waals surface area contributed by atoms with Crippen molar-refractivity contribution in [2.75, 3.05) is 18.3 Å². The summed E-state index contributed by atoms with van der Waals surface area (Å²) in [4.78, 5) is 3.37. The van der Waals surface area contributed by atoms with Crippen molar-refractivity contribution in [3.8, 4) is 5.75 Å². The first-order valence-corrected chi connectivity index (χ1v) is 6.48. The Balaban J connectivity index is 2.23. The largest absolute Gasteiger partial charge is 0.497 e. The maximum Gasteiger partial charge on any atom is 0.169 e. The van der Waals surface area contributed by atoms with Crippen molar-refractivity contribution in [2.45, 2.75) is 12.8 Å². The van der Waals surface area contributed by atoms with Gasteiger partial charge >= 0.3 is 0 Å². The molecule has 0 fully saturated rings. The van der Waals surface area contributed by atoms with E-state index in [0.717, 1.165) is 47.4 Å². The van der Waals surface area contributed by atoms with Gasteiger partial charge < -0.3 is 14.4 Å². The van der Waals surface area contributed by atoms with Crippen LogP contribution in [-0.4, -0.2) is 18.6 Å². The predicted octanol–water partition coefficient (Wildman–Crippen LogP) is 3.41. The molecule has 17 heavy (non-hydrogen) atoms. The molecule has 90 valence electrons. The number of nitrogens with one attached hydrogen (secondary N) is 1. The minimum Gasteiger partial charge on any atom is -0.497 e. The molecule has 0 saturated carbocycles. The van der Waals surface area contributed by atoms with Crippen LogP contribution in [0.1, 0.15) is 12.1 Å². The van der Waals surface area contributed by atoms with Crippen molar-refractivity contribution in [3.05, 3.63) is 23.9 Å². The van der Waals surface area contributed by atoms with Crippen molar-refractivity contribution in [3.63, 3.8) is 0 Å². The standard InChI is InChI=1S/C12H14FN2OP/c1-16-8-4-5-10-9(7-8)12-11(14-10)3-2-6-15(12)17-13/h4-5,7,14,17H,2-3,6H2,1H3. The first-order chi connectivity index (χ1) is 8.33. The smallest absolute Gasteiger partial charge is 0.169 e. The highest BCUT2D eigenvalue weighted by atomic mass is 31.1. The number of hydrogen-bond acceptors (Lipinski definition) is 2. The monoisotopic (exact) mass is 252 g/mol. The molecule has 5 heteroatoms. The molecule has 1 atom stereocenters. The van der Waals surface area contributed by atoms with Crippen LogP contribution in [0.25, 0.3) is 10.9 Å². The number of anilines is 1. The molecule has 3 rings (SSSR count). The molecule has 1 unspecified atom stereocenters. The van der Waals surface area contributed by atoms with Gasteiger partial charge in [-0.15, -0.1) is 0 Å². The van der Waals surface area contributed by atoms with E-state index in [1.807, 2.05) is 22.9 Å². The third-order valence-corrected chi connectivity index (χ3v) is 3.88. The van der Waals surface area contributed by atoms with Crippen molar-refractivity contribution in [2.24, 2.45) is 0 Å². The van der Waals surface area contributed by atoms with E-state index in [2.05, 4.69) is 4.98 Å². The van der Waals surface area contributed by atoms with Gasteiger partial charge in [-0.3, -0.25) is 0 Å². The molecular weight excluding hydrogens is 238 g/mol. The molecular formula is C12H14FN2OP. The molecule has 0 spiro atoms. The van der Waals surface area contributed by atoms with Gasteiger partial charge in [-0.05, 0) is 31.0 Å². The van der Waals surface area contributed by atoms with Gasteiger partial charge in [0.25, 0.3) is 0 Å². The Morgan fingerprint density at radius 3 is 3.12 bits per heavy atom. The molecule has 1 aliphatic rings. The molecule has 2 aromatic rings. The topological polar surface area (TPSA) is 28.3 Å². The summed E-state index contributed by atoms with van der Waals surface area (Å²) in [7, 11) is 0.972. The van der Waals surface area contributed by atoms with Crippen molar-refractivity contribution < 1.29 is 8.93 Å². The second kappa shape index (κ2) is 4.19. The van der Waals surface area contributed by atoms with Gasteiger partial charge in [-0.1, -0.05) is 0 Å². The van der Waals surface area contributed by atoms with Crippen LogP contribution in [-0.2, 0) is 6.42 Å². The number of rotatable bonds is 2. The highest BCUT2D eigenvalue weighted by Gasteiger charge is 2.22. The van der Waals surface area contributed by atoms with Gasteiger partial charge in [0.2, 0.25) is 0 Å². The number of halogens is 1. The Hall–Kier alpha value is -1.28. The summed E-state index contributed by atoms with van der Waals surface area (Å²) in [5.41, 5.74) is 3.22. The Labute approximate surface area is 101 Å². The predicted molar refractivity (Wildman–Crippen MR) is 69.9 cm³/mol. The molecule has 0 amide bonds. The van der Waals surface area contributed by atoms with Gasteiger partial charge in [0.1, 0.15) is 5.75 Å². The van der Waals surface area contributed by atoms with Crippen molar-refractivity contribution in [1.82, 2.24) is 4.98 Å². The van der Waals surface area contributed by atoms with Crippen molar-refractivity contribution in [1.29, 1.82) is 0 Å². The summed E-state index contributed by atoms with van der Waals surface area (Å²) >= 11 is 0. The van der Waals surface area contributed by atoms with Gasteiger partial charge in [0.15, 0.2) is 9.04 Å². The van der Waals surface area contributed by atoms with Gasteiger partial charge in [-0.2, -0.15) is 0 Å². The lowest BCUT2D eigenvalue weighted by molar-refractivity contribution is 0.415. The van der Waals surface area contributed by atoms with Crippen LogP contribution in [0.5, 0.6) is 5.75 Å². The molecule has 0 bridgehead atoms. The summed E-state index contributed by atoms with van der Waals surface area (Å²) in [5.74, 6) is 0.812. The number of nitrogens with zero attached hydrogens (tertiary/aromatic N) is 1. The fourth-order valence-corrected chi connectivity index (χ4v) is 3.02. The first kappa shape index (κ1) is 10.8. The number of hydrogen-bond donors (Lipinski definition) is 1. The summed E-state index contributed by atoms with van der Waals surface area (Å²) in [6, 6.07) is 5.89. The van der Waals surface area contributed by atoms with Crippen LogP contribution in [0.4, 0.5) is 9.88 Å². The number of methoxy groups -OCH3 is 1. The molecule has 2 heterocycles. The molecule has 1 N–H and O–H groups in total. The number of fused-ring (bicyclic) bond motifs is 3. The Bertz CT molecular complexity index is 555. The van der Waals surface area contributed by atoms with Crippen molar-refractivity contribution >= 4 is 25.6 Å². The van der Waals surface area contributed by atoms with E-state index in [9.17, 15) is 4.20 Å². The van der Waals surface area contributed by atoms with Crippen LogP contribution in [0, 0.1) is 0 Å². The first-order valence-electron chi connectivity index (χ1n) is 5.66. The average molecular weight is 252 g/mol. The number of ether oxygens (including phenoxy) is 1. The highest BCUT2D eigenvalue weighted by Crippen LogP contribution is 2.41. The quantitative estimate of drug-likeness (QED) is 0.829. The summed E-state index contributed by atoms with van der Waals surface area (Å²) in [6.07, 6.45) is 2.00. The third kappa shape index (κ3) is 1.67. The van der Waals surface area contributed by atoms with Gasteiger partial charge in [0, 0.05) is 23.1 Å². The van der Waals surface area contributed by atoms with Crippen LogP contribution in [0.2, 0.25) is 0 Å². The van der Waals surface area contributed by atoms with E-state index in [1.54, 1.807) is 7.11 Å². The van der Waals surface area contributed by atoms with Gasteiger partial charge in [0.05, 0.1) is 12.8 Å². The van der Waals surface area contributed by atoms with Gasteiger partial charge in [-0.25, -0.2) is 4.20 Å². The highest BCUT2D eigenvalue weighted by molar-refractivity contribution is 7.34. The minimum atomic E-state index is -0.676. The molecule has 0 saturated heterocycles. The molecule has 0 radical (unpaired) electrons. The number of aryl methyl sites for hydroxylation is 1. The van der Waals surface area contributed by atoms with Crippen LogP contribution >= 0.6 is 9.04 Å². The normalized spacial score (nSPS) is 15.8. The lowest BCUT2D eigenvalue weighted by atomic mass is 10.1. The lowest BCUT2D eigenvalue weighted by Crippen LogP contribution is -2.19. The summed E-state index contributed by atoms with van der Waals surface area (Å²) in [5, 5.41) is 1.06. The van der Waals surface area contributed by atoms with Crippen LogP contribution < -0.4 is 9.41 Å². The summed E-state index contributed by atoms with van der Waals surface area (Å²) in [6.45, 7) is 0.798. The fourth-order valence-electron chi connectivity index (χ4n) is 2.44. The number of aromatic nitrogens is 1. The van der Waals surface area contributed by atoms with E-state index in [-0.39, 0.29) is 0 Å². The SMILES string of the molecule is COc1ccc2[nH]c3c(c2c1)N(PF)CCC3. The number of benzene rings is 1. The fraction of sp³-hybridized carbons (Fsp3) is 0.333. The lowest BCUT2D eigenvalue weighted by Gasteiger charge is -2.25. The van der Waals surface area contributed by atoms with Crippen LogP contribution in [0.3, 0.4) is 0 Å². The Morgan fingerprint density at radius 1 is 1.47 bits per heavy atom. The van der Waals surface area contributed by atoms with E-state index in [4.69, 9.17) is 4.74 Å². The molecule has 3 nitrogen and oxygen atoms in total. The zero-order valence-corrected chi connectivity index (χ0v) is 10.6. The number of H-pyrrole nitrogens is 1. The number of aromatic amines is 1. The molecule has 0 aliphatic carbocycles. The molecule has 1 aromatic carbocycles. The molecule has 1 aromatic heterocycles. The average Bonchev–Trinajstić information content (AvgIpc) is 2.75. The van der Waals surface area contributed by atoms with Crippen LogP contribution in [0.15, 0.2) is 18.2 Å². The Kier molecular flexibility index (Phi) is 2.67. The zero-order chi connectivity index (χ0) is 11.8. The second-order valence-corrected chi connectivity index (χ2v) is 4.91. The maximum absolute atomic E-state index is 13.1. The van der Waals surface area contributed by atoms with E-state index < -0.39 is 9.04 Å². The van der Waals surface area contributed by atoms with E-state index in [0.29, 0.717) is 0 Å². The maximum atomic E-state index is 13.1. The van der Waals surface area contributed by atoms with E-state index >= 15 is 0 Å². The minimum absolute atomic E-state index is 0.676. The third-order valence-electron chi connectivity index (χ3n) is 3.23. The zero-order valence-electron chi connectivity index (χ0n) is 9.59. The van der Waals surface area contributed by atoms with E-state index in [1.165, 1.54) is 0 Å². The molecule has 1 aliphatic heterocycles. The Morgan fingerprint density at radius 2 is 2.35 bits per heavy atom. The second-order valence-electron chi connectivity index (χ2n) is 4.20.